The summed E-state index contributed by atoms with van der Waals surface area (Å²) in [4.78, 5) is 31.2. The van der Waals surface area contributed by atoms with Crippen molar-refractivity contribution in [3.8, 4) is 5.75 Å². The molecule has 0 radical (unpaired) electrons. The van der Waals surface area contributed by atoms with Crippen LogP contribution in [-0.4, -0.2) is 41.9 Å². The van der Waals surface area contributed by atoms with Gasteiger partial charge >= 0.3 is 0 Å². The van der Waals surface area contributed by atoms with Gasteiger partial charge in [-0.25, -0.2) is 4.98 Å². The number of benzene rings is 1. The lowest BCUT2D eigenvalue weighted by atomic mass is 10.0. The molecule has 3 rings (SSSR count). The molecule has 2 aromatic rings. The van der Waals surface area contributed by atoms with Crippen molar-refractivity contribution in [2.24, 2.45) is 5.92 Å². The van der Waals surface area contributed by atoms with E-state index in [1.807, 2.05) is 29.6 Å². The molecule has 0 saturated carbocycles. The average molecular weight is 431 g/mol. The molecule has 2 N–H and O–H groups in total. The van der Waals surface area contributed by atoms with E-state index < -0.39 is 6.04 Å². The zero-order valence-corrected chi connectivity index (χ0v) is 18.6. The van der Waals surface area contributed by atoms with Gasteiger partial charge in [0, 0.05) is 25.4 Å². The number of nitrogens with one attached hydrogen (secondary N) is 2. The lowest BCUT2D eigenvalue weighted by Crippen LogP contribution is -2.33. The first-order valence-electron chi connectivity index (χ1n) is 10.3. The lowest BCUT2D eigenvalue weighted by molar-refractivity contribution is -0.120. The van der Waals surface area contributed by atoms with E-state index in [0.29, 0.717) is 5.13 Å². The Morgan fingerprint density at radius 3 is 2.77 bits per heavy atom. The zero-order chi connectivity index (χ0) is 21.5. The normalized spacial score (nSPS) is 17.9. The summed E-state index contributed by atoms with van der Waals surface area (Å²) in [7, 11) is 1.60. The van der Waals surface area contributed by atoms with Crippen LogP contribution in [0.1, 0.15) is 50.4 Å². The maximum atomic E-state index is 12.6. The van der Waals surface area contributed by atoms with Gasteiger partial charge in [0.25, 0.3) is 0 Å². The summed E-state index contributed by atoms with van der Waals surface area (Å²) in [5, 5.41) is 8.33. The Morgan fingerprint density at radius 2 is 2.10 bits per heavy atom. The molecule has 2 amide bonds. The fourth-order valence-electron chi connectivity index (χ4n) is 3.79. The Kier molecular flexibility index (Phi) is 7.81. The minimum Gasteiger partial charge on any atom is -0.497 e. The highest BCUT2D eigenvalue weighted by molar-refractivity contribution is 7.13. The average Bonchev–Trinajstić information content (AvgIpc) is 3.13. The number of rotatable bonds is 8. The smallest absolute Gasteiger partial charge is 0.228 e. The van der Waals surface area contributed by atoms with Crippen LogP contribution in [0.25, 0.3) is 0 Å². The number of hydrogen-bond acceptors (Lipinski definition) is 6. The number of thiazole rings is 1. The molecule has 30 heavy (non-hydrogen) atoms. The number of amides is 2. The van der Waals surface area contributed by atoms with E-state index in [1.54, 1.807) is 7.11 Å². The molecule has 0 unspecified atom stereocenters. The van der Waals surface area contributed by atoms with Gasteiger partial charge in [-0.2, -0.15) is 0 Å². The quantitative estimate of drug-likeness (QED) is 0.669. The molecule has 1 aliphatic rings. The molecule has 1 saturated heterocycles. The number of nitrogens with zero attached hydrogens (tertiary/aromatic N) is 2. The third-order valence-electron chi connectivity index (χ3n) is 5.21. The van der Waals surface area contributed by atoms with E-state index in [1.165, 1.54) is 31.1 Å². The van der Waals surface area contributed by atoms with Crippen LogP contribution in [0.4, 0.5) is 5.13 Å². The number of anilines is 1. The van der Waals surface area contributed by atoms with Crippen molar-refractivity contribution in [3.05, 3.63) is 40.9 Å². The van der Waals surface area contributed by atoms with Gasteiger partial charge in [0.05, 0.1) is 25.3 Å². The van der Waals surface area contributed by atoms with Crippen molar-refractivity contribution < 1.29 is 14.3 Å². The molecular weight excluding hydrogens is 400 g/mol. The van der Waals surface area contributed by atoms with E-state index in [4.69, 9.17) is 4.74 Å². The van der Waals surface area contributed by atoms with Gasteiger partial charge in [0.2, 0.25) is 11.8 Å². The monoisotopic (exact) mass is 430 g/mol. The molecule has 8 heteroatoms. The Bertz CT molecular complexity index is 852. The zero-order valence-electron chi connectivity index (χ0n) is 17.8. The minimum atomic E-state index is -0.414. The number of hydrogen-bond donors (Lipinski definition) is 2. The van der Waals surface area contributed by atoms with Crippen LogP contribution < -0.4 is 15.4 Å². The first-order valence-corrected chi connectivity index (χ1v) is 11.2. The van der Waals surface area contributed by atoms with E-state index in [2.05, 4.69) is 27.4 Å². The number of aromatic nitrogens is 1. The van der Waals surface area contributed by atoms with Crippen molar-refractivity contribution in [1.29, 1.82) is 0 Å². The van der Waals surface area contributed by atoms with Gasteiger partial charge in [-0.05, 0) is 43.0 Å². The van der Waals surface area contributed by atoms with Gasteiger partial charge in [-0.1, -0.05) is 19.1 Å². The molecule has 0 bridgehead atoms. The van der Waals surface area contributed by atoms with Gasteiger partial charge in [-0.15, -0.1) is 11.3 Å². The standard InChI is InChI=1S/C22H30N4O3S/c1-15-5-4-10-26(12-15)13-18-14-30-22(24-18)25-21(28)11-20(23-16(2)27)17-6-8-19(29-3)9-7-17/h6-9,14-15,20H,4-5,10-13H2,1-3H3,(H,23,27)(H,24,25,28)/t15-,20+/m1/s1. The van der Waals surface area contributed by atoms with E-state index in [-0.39, 0.29) is 18.2 Å². The first-order chi connectivity index (χ1) is 14.4. The van der Waals surface area contributed by atoms with Gasteiger partial charge in [-0.3, -0.25) is 14.5 Å². The third-order valence-corrected chi connectivity index (χ3v) is 6.02. The summed E-state index contributed by atoms with van der Waals surface area (Å²) >= 11 is 1.44. The molecule has 7 nitrogen and oxygen atoms in total. The fourth-order valence-corrected chi connectivity index (χ4v) is 4.50. The number of methoxy groups -OCH3 is 1. The number of carbonyl (C=O) groups is 2. The molecule has 2 atom stereocenters. The predicted octanol–water partition coefficient (Wildman–Crippen LogP) is 3.59. The van der Waals surface area contributed by atoms with Crippen molar-refractivity contribution in [2.75, 3.05) is 25.5 Å². The maximum Gasteiger partial charge on any atom is 0.228 e. The van der Waals surface area contributed by atoms with Gasteiger partial charge < -0.3 is 15.4 Å². The van der Waals surface area contributed by atoms with E-state index in [0.717, 1.165) is 42.6 Å². The summed E-state index contributed by atoms with van der Waals surface area (Å²) in [5.74, 6) is 1.08. The van der Waals surface area contributed by atoms with Crippen molar-refractivity contribution >= 4 is 28.3 Å². The Morgan fingerprint density at radius 1 is 1.33 bits per heavy atom. The van der Waals surface area contributed by atoms with Gasteiger partial charge in [0.1, 0.15) is 5.75 Å². The van der Waals surface area contributed by atoms with E-state index >= 15 is 0 Å². The Balaban J connectivity index is 1.58. The summed E-state index contributed by atoms with van der Waals surface area (Å²) < 4.78 is 5.18. The Labute approximate surface area is 181 Å². The molecule has 0 spiro atoms. The highest BCUT2D eigenvalue weighted by Crippen LogP contribution is 2.23. The molecular formula is C22H30N4O3S. The van der Waals surface area contributed by atoms with Crippen LogP contribution in [0.15, 0.2) is 29.6 Å². The molecule has 1 aromatic carbocycles. The van der Waals surface area contributed by atoms with Crippen molar-refractivity contribution in [3.63, 3.8) is 0 Å². The third kappa shape index (κ3) is 6.53. The molecule has 0 aliphatic carbocycles. The predicted molar refractivity (Wildman–Crippen MR) is 119 cm³/mol. The van der Waals surface area contributed by atoms with Crippen LogP contribution in [0.2, 0.25) is 0 Å². The summed E-state index contributed by atoms with van der Waals surface area (Å²) in [6.07, 6.45) is 2.65. The van der Waals surface area contributed by atoms with Crippen LogP contribution in [-0.2, 0) is 16.1 Å². The highest BCUT2D eigenvalue weighted by atomic mass is 32.1. The number of likely N-dealkylation sites (tertiary alicyclic amines) is 1. The summed E-state index contributed by atoms with van der Waals surface area (Å²) in [6, 6.07) is 6.93. The minimum absolute atomic E-state index is 0.129. The van der Waals surface area contributed by atoms with Crippen molar-refractivity contribution in [2.45, 2.75) is 45.7 Å². The largest absolute Gasteiger partial charge is 0.497 e. The molecule has 2 heterocycles. The second kappa shape index (κ2) is 10.5. The van der Waals surface area contributed by atoms with Crippen LogP contribution >= 0.6 is 11.3 Å². The summed E-state index contributed by atoms with van der Waals surface area (Å²) in [6.45, 7) is 6.75. The maximum absolute atomic E-state index is 12.6. The summed E-state index contributed by atoms with van der Waals surface area (Å²) in [5.41, 5.74) is 1.83. The Hall–Kier alpha value is -2.45. The second-order valence-corrected chi connectivity index (χ2v) is 8.76. The van der Waals surface area contributed by atoms with Crippen molar-refractivity contribution in [1.82, 2.24) is 15.2 Å². The number of ether oxygens (including phenoxy) is 1. The van der Waals surface area contributed by atoms with Crippen LogP contribution in [0.3, 0.4) is 0 Å². The number of carbonyl (C=O) groups excluding carboxylic acids is 2. The van der Waals surface area contributed by atoms with Crippen LogP contribution in [0, 0.1) is 5.92 Å². The SMILES string of the molecule is COc1ccc([C@H](CC(=O)Nc2nc(CN3CCC[C@@H](C)C3)cs2)NC(C)=O)cc1. The number of piperidine rings is 1. The lowest BCUT2D eigenvalue weighted by Gasteiger charge is -2.30. The molecule has 1 aliphatic heterocycles. The molecule has 162 valence electrons. The van der Waals surface area contributed by atoms with Crippen LogP contribution in [0.5, 0.6) is 5.75 Å². The fraction of sp³-hybridized carbons (Fsp3) is 0.500. The second-order valence-electron chi connectivity index (χ2n) is 7.91. The van der Waals surface area contributed by atoms with Gasteiger partial charge in [0.15, 0.2) is 5.13 Å². The molecule has 1 fully saturated rings. The molecule has 1 aromatic heterocycles. The topological polar surface area (TPSA) is 83.6 Å². The van der Waals surface area contributed by atoms with E-state index in [9.17, 15) is 9.59 Å². The highest BCUT2D eigenvalue weighted by Gasteiger charge is 2.20. The first kappa shape index (κ1) is 22.2.